The van der Waals surface area contributed by atoms with E-state index >= 15 is 0 Å². The molecule has 1 spiro atoms. The SMILES string of the molecule is CCOC(=O)[C@]1(C)CCC[C@@]2(C)[C@@H]3CC[C@@]4(C)C[C@@]3(CC[C@@H]21)C[C@H]4N=C=S. The van der Waals surface area contributed by atoms with Gasteiger partial charge in [-0.2, -0.15) is 0 Å². The monoisotopic (exact) mass is 389 g/mol. The van der Waals surface area contributed by atoms with E-state index in [0.717, 1.165) is 19.3 Å². The molecule has 0 aliphatic heterocycles. The zero-order valence-corrected chi connectivity index (χ0v) is 18.3. The minimum absolute atomic E-state index is 0.0483. The minimum atomic E-state index is -0.310. The van der Waals surface area contributed by atoms with Gasteiger partial charge in [0.1, 0.15) is 0 Å². The van der Waals surface area contributed by atoms with Crippen molar-refractivity contribution >= 4 is 23.3 Å². The summed E-state index contributed by atoms with van der Waals surface area (Å²) in [5.74, 6) is 1.20. The maximum atomic E-state index is 13.0. The van der Waals surface area contributed by atoms with Gasteiger partial charge in [-0.15, -0.1) is 0 Å². The zero-order valence-electron chi connectivity index (χ0n) is 17.5. The van der Waals surface area contributed by atoms with Crippen molar-refractivity contribution in [1.29, 1.82) is 0 Å². The molecule has 0 aromatic rings. The Bertz CT molecular complexity index is 688. The first-order valence-corrected chi connectivity index (χ1v) is 11.4. The second kappa shape index (κ2) is 6.39. The molecule has 0 aromatic heterocycles. The summed E-state index contributed by atoms with van der Waals surface area (Å²) in [6.45, 7) is 9.55. The summed E-state index contributed by atoms with van der Waals surface area (Å²) in [6, 6.07) is 0.347. The molecule has 7 atom stereocenters. The molecule has 0 saturated heterocycles. The molecule has 4 aliphatic carbocycles. The van der Waals surface area contributed by atoms with Gasteiger partial charge in [0, 0.05) is 0 Å². The number of aliphatic imine (C=N–C) groups is 1. The number of ether oxygens (including phenoxy) is 1. The fourth-order valence-corrected chi connectivity index (χ4v) is 8.66. The van der Waals surface area contributed by atoms with Crippen molar-refractivity contribution in [1.82, 2.24) is 0 Å². The van der Waals surface area contributed by atoms with Crippen molar-refractivity contribution in [3.05, 3.63) is 0 Å². The van der Waals surface area contributed by atoms with Gasteiger partial charge >= 0.3 is 5.97 Å². The van der Waals surface area contributed by atoms with Gasteiger partial charge in [0.25, 0.3) is 0 Å². The fraction of sp³-hybridized carbons (Fsp3) is 0.913. The highest BCUT2D eigenvalue weighted by Gasteiger charge is 2.68. The molecule has 2 bridgehead atoms. The highest BCUT2D eigenvalue weighted by molar-refractivity contribution is 7.78. The maximum Gasteiger partial charge on any atom is 0.312 e. The van der Waals surface area contributed by atoms with Crippen molar-refractivity contribution in [2.24, 2.45) is 38.5 Å². The lowest BCUT2D eigenvalue weighted by atomic mass is 9.40. The van der Waals surface area contributed by atoms with Crippen LogP contribution in [0.3, 0.4) is 0 Å². The Morgan fingerprint density at radius 3 is 2.59 bits per heavy atom. The summed E-state index contributed by atoms with van der Waals surface area (Å²) in [5.41, 5.74) is 0.627. The molecule has 150 valence electrons. The Kier molecular flexibility index (Phi) is 4.63. The van der Waals surface area contributed by atoms with Crippen molar-refractivity contribution in [2.45, 2.75) is 91.5 Å². The van der Waals surface area contributed by atoms with Gasteiger partial charge in [-0.3, -0.25) is 4.79 Å². The number of rotatable bonds is 3. The highest BCUT2D eigenvalue weighted by Crippen LogP contribution is 2.74. The van der Waals surface area contributed by atoms with Gasteiger partial charge in [0.15, 0.2) is 0 Å². The van der Waals surface area contributed by atoms with Crippen molar-refractivity contribution in [3.63, 3.8) is 0 Å². The van der Waals surface area contributed by atoms with E-state index in [4.69, 9.17) is 17.0 Å². The average molecular weight is 390 g/mol. The third-order valence-corrected chi connectivity index (χ3v) is 9.66. The fourth-order valence-electron chi connectivity index (χ4n) is 8.54. The van der Waals surface area contributed by atoms with Crippen molar-refractivity contribution in [3.8, 4) is 0 Å². The molecule has 4 heteroatoms. The number of hydrogen-bond donors (Lipinski definition) is 0. The molecule has 4 aliphatic rings. The largest absolute Gasteiger partial charge is 0.466 e. The summed E-state index contributed by atoms with van der Waals surface area (Å²) in [4.78, 5) is 17.6. The second-order valence-corrected chi connectivity index (χ2v) is 11.0. The lowest BCUT2D eigenvalue weighted by Gasteiger charge is -2.64. The van der Waals surface area contributed by atoms with Gasteiger partial charge < -0.3 is 4.74 Å². The smallest absolute Gasteiger partial charge is 0.312 e. The first-order chi connectivity index (χ1) is 12.7. The molecular weight excluding hydrogens is 354 g/mol. The van der Waals surface area contributed by atoms with Crippen LogP contribution in [0.1, 0.15) is 85.5 Å². The number of thiocarbonyl (C=S) groups is 1. The van der Waals surface area contributed by atoms with Crippen LogP contribution in [-0.4, -0.2) is 23.8 Å². The number of fused-ring (bicyclic) bond motifs is 3. The summed E-state index contributed by atoms with van der Waals surface area (Å²) in [6.07, 6.45) is 10.8. The first-order valence-electron chi connectivity index (χ1n) is 11.0. The van der Waals surface area contributed by atoms with E-state index in [2.05, 4.69) is 30.9 Å². The third kappa shape index (κ3) is 2.62. The molecule has 0 heterocycles. The predicted octanol–water partition coefficient (Wildman–Crippen LogP) is 5.82. The maximum absolute atomic E-state index is 13.0. The van der Waals surface area contributed by atoms with Gasteiger partial charge in [-0.1, -0.05) is 20.3 Å². The number of nitrogens with zero attached hydrogens (tertiary/aromatic N) is 1. The van der Waals surface area contributed by atoms with Crippen LogP contribution in [0, 0.1) is 33.5 Å². The summed E-state index contributed by atoms with van der Waals surface area (Å²) in [5, 5.41) is 2.69. The van der Waals surface area contributed by atoms with Crippen LogP contribution >= 0.6 is 12.2 Å². The summed E-state index contributed by atoms with van der Waals surface area (Å²) >= 11 is 4.97. The van der Waals surface area contributed by atoms with E-state index in [-0.39, 0.29) is 16.8 Å². The lowest BCUT2D eigenvalue weighted by molar-refractivity contribution is -0.187. The molecular formula is C23H35NO2S. The Morgan fingerprint density at radius 1 is 1.15 bits per heavy atom. The molecule has 0 amide bonds. The summed E-state index contributed by atoms with van der Waals surface area (Å²) < 4.78 is 5.57. The Balaban J connectivity index is 1.69. The number of carbonyl (C=O) groups is 1. The normalized spacial score (nSPS) is 50.9. The van der Waals surface area contributed by atoms with Crippen LogP contribution in [-0.2, 0) is 9.53 Å². The van der Waals surface area contributed by atoms with E-state index in [1.165, 1.54) is 38.5 Å². The van der Waals surface area contributed by atoms with Crippen molar-refractivity contribution < 1.29 is 9.53 Å². The minimum Gasteiger partial charge on any atom is -0.466 e. The van der Waals surface area contributed by atoms with E-state index in [1.54, 1.807) is 0 Å². The highest BCUT2D eigenvalue weighted by atomic mass is 32.1. The molecule has 4 saturated carbocycles. The van der Waals surface area contributed by atoms with Crippen LogP contribution in [0.4, 0.5) is 0 Å². The zero-order chi connectivity index (χ0) is 19.5. The quantitative estimate of drug-likeness (QED) is 0.346. The van der Waals surface area contributed by atoms with Crippen LogP contribution < -0.4 is 0 Å². The molecule has 4 rings (SSSR count). The van der Waals surface area contributed by atoms with Crippen LogP contribution in [0.15, 0.2) is 4.99 Å². The van der Waals surface area contributed by atoms with Gasteiger partial charge in [-0.25, -0.2) is 4.99 Å². The number of isothiocyanates is 1. The lowest BCUT2D eigenvalue weighted by Crippen LogP contribution is -2.58. The average Bonchev–Trinajstić information content (AvgIpc) is 2.80. The molecule has 4 fully saturated rings. The molecule has 0 radical (unpaired) electrons. The Hall–Kier alpha value is -0.730. The topological polar surface area (TPSA) is 38.7 Å². The van der Waals surface area contributed by atoms with Gasteiger partial charge in [-0.05, 0) is 106 Å². The number of carbonyl (C=O) groups excluding carboxylic acids is 1. The third-order valence-electron chi connectivity index (χ3n) is 9.56. The first kappa shape index (κ1) is 19.6. The standard InChI is InChI=1S/C23H35NO2S/c1-5-26-19(25)22(4)10-6-9-21(3)16(22)8-12-23-13-18(24-15-27)20(2,14-23)11-7-17(21)23/h16-18H,5-14H2,1-4H3/t16-,17-,18+,20-,21+,22+,23+/m0/s1. The molecule has 0 aromatic carbocycles. The van der Waals surface area contributed by atoms with Crippen LogP contribution in [0.5, 0.6) is 0 Å². The molecule has 3 nitrogen and oxygen atoms in total. The van der Waals surface area contributed by atoms with Gasteiger partial charge in [0.05, 0.1) is 23.2 Å². The van der Waals surface area contributed by atoms with Crippen LogP contribution in [0.2, 0.25) is 0 Å². The molecule has 0 unspecified atom stereocenters. The number of esters is 1. The van der Waals surface area contributed by atoms with Crippen molar-refractivity contribution in [2.75, 3.05) is 6.61 Å². The van der Waals surface area contributed by atoms with Crippen LogP contribution in [0.25, 0.3) is 0 Å². The van der Waals surface area contributed by atoms with E-state index in [0.29, 0.717) is 35.3 Å². The molecule has 27 heavy (non-hydrogen) atoms. The second-order valence-electron chi connectivity index (χ2n) is 10.8. The summed E-state index contributed by atoms with van der Waals surface area (Å²) in [7, 11) is 0. The van der Waals surface area contributed by atoms with E-state index in [9.17, 15) is 4.79 Å². The predicted molar refractivity (Wildman–Crippen MR) is 111 cm³/mol. The van der Waals surface area contributed by atoms with E-state index < -0.39 is 0 Å². The van der Waals surface area contributed by atoms with E-state index in [1.807, 2.05) is 6.92 Å². The number of hydrogen-bond acceptors (Lipinski definition) is 4. The Morgan fingerprint density at radius 2 is 1.89 bits per heavy atom. The Labute approximate surface area is 169 Å². The molecule has 0 N–H and O–H groups in total. The van der Waals surface area contributed by atoms with Gasteiger partial charge in [0.2, 0.25) is 0 Å².